The minimum absolute atomic E-state index is 0.0648. The van der Waals surface area contributed by atoms with Crippen molar-refractivity contribution in [2.45, 2.75) is 112 Å². The predicted molar refractivity (Wildman–Crippen MR) is 106 cm³/mol. The maximum absolute atomic E-state index is 8.67. The van der Waals surface area contributed by atoms with Crippen molar-refractivity contribution in [3.63, 3.8) is 0 Å². The van der Waals surface area contributed by atoms with Crippen molar-refractivity contribution in [3.05, 3.63) is 0 Å². The van der Waals surface area contributed by atoms with Crippen molar-refractivity contribution >= 4 is 0 Å². The van der Waals surface area contributed by atoms with Crippen LogP contribution in [0.5, 0.6) is 0 Å². The summed E-state index contributed by atoms with van der Waals surface area (Å²) in [7, 11) is 0. The Labute approximate surface area is 152 Å². The van der Waals surface area contributed by atoms with Gasteiger partial charge in [0.1, 0.15) is 0 Å². The highest BCUT2D eigenvalue weighted by molar-refractivity contribution is 4.43. The molecule has 0 radical (unpaired) electrons. The Morgan fingerprint density at radius 3 is 1.25 bits per heavy atom. The van der Waals surface area contributed by atoms with Crippen molar-refractivity contribution in [3.8, 4) is 0 Å². The van der Waals surface area contributed by atoms with E-state index in [1.807, 2.05) is 27.7 Å². The van der Waals surface area contributed by atoms with E-state index in [2.05, 4.69) is 20.8 Å². The van der Waals surface area contributed by atoms with Crippen LogP contribution in [0, 0.1) is 5.92 Å². The smallest absolute Gasteiger partial charge is 0.0535 e. The Morgan fingerprint density at radius 2 is 1.21 bits per heavy atom. The second-order valence-corrected chi connectivity index (χ2v) is 6.23. The zero-order valence-corrected chi connectivity index (χ0v) is 17.6. The Bertz CT molecular complexity index is 153. The van der Waals surface area contributed by atoms with E-state index in [-0.39, 0.29) is 12.2 Å². The lowest BCUT2D eigenvalue weighted by molar-refractivity contribution is 0.166. The maximum Gasteiger partial charge on any atom is 0.0535 e. The molecule has 0 spiro atoms. The third-order valence-corrected chi connectivity index (χ3v) is 3.42. The lowest BCUT2D eigenvalue weighted by Gasteiger charge is -1.98. The van der Waals surface area contributed by atoms with Gasteiger partial charge in [0.2, 0.25) is 0 Å². The summed E-state index contributed by atoms with van der Waals surface area (Å²) >= 11 is 0. The van der Waals surface area contributed by atoms with Gasteiger partial charge < -0.3 is 20.4 Å². The molecule has 0 bridgehead atoms. The molecule has 0 heterocycles. The largest absolute Gasteiger partial charge is 0.396 e. The quantitative estimate of drug-likeness (QED) is 0.460. The molecule has 2 atom stereocenters. The van der Waals surface area contributed by atoms with Crippen molar-refractivity contribution in [2.75, 3.05) is 13.2 Å². The van der Waals surface area contributed by atoms with Crippen LogP contribution in [0.4, 0.5) is 0 Å². The van der Waals surface area contributed by atoms with Gasteiger partial charge in [0.15, 0.2) is 0 Å². The van der Waals surface area contributed by atoms with E-state index in [9.17, 15) is 0 Å². The number of hydrogen-bond acceptors (Lipinski definition) is 4. The highest BCUT2D eigenvalue weighted by Crippen LogP contribution is 1.95. The molecule has 0 saturated carbocycles. The topological polar surface area (TPSA) is 80.9 Å². The van der Waals surface area contributed by atoms with Crippen LogP contribution in [0.25, 0.3) is 0 Å². The molecule has 4 N–H and O–H groups in total. The maximum atomic E-state index is 8.67. The second-order valence-electron chi connectivity index (χ2n) is 6.23. The highest BCUT2D eigenvalue weighted by atomic mass is 16.3. The summed E-state index contributed by atoms with van der Waals surface area (Å²) in [5.41, 5.74) is 0. The van der Waals surface area contributed by atoms with E-state index < -0.39 is 0 Å². The Kier molecular flexibility index (Phi) is 40.4. The van der Waals surface area contributed by atoms with E-state index >= 15 is 0 Å². The van der Waals surface area contributed by atoms with Gasteiger partial charge in [-0.3, -0.25) is 0 Å². The van der Waals surface area contributed by atoms with E-state index in [1.54, 1.807) is 0 Å². The minimum Gasteiger partial charge on any atom is -0.396 e. The summed E-state index contributed by atoms with van der Waals surface area (Å²) in [5, 5.41) is 33.8. The van der Waals surface area contributed by atoms with Crippen molar-refractivity contribution in [1.29, 1.82) is 0 Å². The molecule has 0 rings (SSSR count). The average Bonchev–Trinajstić information content (AvgIpc) is 2.59. The molecule has 0 aromatic heterocycles. The number of aliphatic hydroxyl groups is 4. The highest BCUT2D eigenvalue weighted by Gasteiger charge is 1.91. The molecule has 2 unspecified atom stereocenters. The monoisotopic (exact) mass is 352 g/mol. The first-order valence-electron chi connectivity index (χ1n) is 9.88. The van der Waals surface area contributed by atoms with E-state index in [4.69, 9.17) is 20.4 Å². The van der Waals surface area contributed by atoms with Crippen LogP contribution in [-0.2, 0) is 0 Å². The first-order chi connectivity index (χ1) is 11.3. The molecular weight excluding hydrogens is 304 g/mol. The molecule has 0 fully saturated rings. The minimum atomic E-state index is -0.102. The summed E-state index contributed by atoms with van der Waals surface area (Å²) < 4.78 is 0. The molecule has 4 heteroatoms. The fourth-order valence-electron chi connectivity index (χ4n) is 1.20. The van der Waals surface area contributed by atoms with Crippen LogP contribution >= 0.6 is 0 Å². The molecule has 0 aromatic rings. The van der Waals surface area contributed by atoms with E-state index in [1.165, 1.54) is 6.42 Å². The zero-order valence-electron chi connectivity index (χ0n) is 17.6. The second kappa shape index (κ2) is 30.7. The van der Waals surface area contributed by atoms with Gasteiger partial charge >= 0.3 is 0 Å². The normalized spacial score (nSPS) is 12.0. The molecular formula is C20H48O4. The third kappa shape index (κ3) is 49.5. The Hall–Kier alpha value is -0.160. The predicted octanol–water partition coefficient (Wildman–Crippen LogP) is 4.53. The molecule has 152 valence electrons. The lowest BCUT2D eigenvalue weighted by atomic mass is 10.1. The van der Waals surface area contributed by atoms with Crippen LogP contribution in [0.3, 0.4) is 0 Å². The Morgan fingerprint density at radius 1 is 0.708 bits per heavy atom. The summed E-state index contributed by atoms with van der Waals surface area (Å²) in [6.45, 7) is 14.7. The van der Waals surface area contributed by atoms with E-state index in [0.29, 0.717) is 19.1 Å². The van der Waals surface area contributed by atoms with Gasteiger partial charge in [0, 0.05) is 13.2 Å². The molecule has 0 amide bonds. The molecule has 0 aromatic carbocycles. The molecule has 24 heavy (non-hydrogen) atoms. The summed E-state index contributed by atoms with van der Waals surface area (Å²) in [6, 6.07) is 0. The standard InChI is InChI=1S/4C5H12O/c1-3-5(2)4-6;1-3-4-5(2)6;1-3-5(6)4-2;1-2-3-4-5-6/h3*5-6H,3-4H2,1-2H3;6H,2-5H2,1H3. The van der Waals surface area contributed by atoms with Crippen LogP contribution in [-0.4, -0.2) is 45.8 Å². The molecule has 0 aliphatic carbocycles. The average molecular weight is 353 g/mol. The number of hydrogen-bond donors (Lipinski definition) is 4. The third-order valence-electron chi connectivity index (χ3n) is 3.42. The van der Waals surface area contributed by atoms with Gasteiger partial charge in [-0.25, -0.2) is 0 Å². The first kappa shape index (κ1) is 31.6. The van der Waals surface area contributed by atoms with Gasteiger partial charge in [0.05, 0.1) is 12.2 Å². The van der Waals surface area contributed by atoms with Crippen LogP contribution in [0.1, 0.15) is 99.8 Å². The van der Waals surface area contributed by atoms with Crippen molar-refractivity contribution < 1.29 is 20.4 Å². The van der Waals surface area contributed by atoms with Gasteiger partial charge in [-0.15, -0.1) is 0 Å². The van der Waals surface area contributed by atoms with Crippen LogP contribution in [0.15, 0.2) is 0 Å². The number of rotatable bonds is 9. The molecule has 4 nitrogen and oxygen atoms in total. The Balaban J connectivity index is -0.000000111. The van der Waals surface area contributed by atoms with Crippen LogP contribution < -0.4 is 0 Å². The lowest BCUT2D eigenvalue weighted by Crippen LogP contribution is -1.99. The van der Waals surface area contributed by atoms with Gasteiger partial charge in [0.25, 0.3) is 0 Å². The summed E-state index contributed by atoms with van der Waals surface area (Å²) in [4.78, 5) is 0. The molecule has 0 aliphatic rings. The van der Waals surface area contributed by atoms with Gasteiger partial charge in [-0.1, -0.05) is 67.2 Å². The fourth-order valence-corrected chi connectivity index (χ4v) is 1.20. The van der Waals surface area contributed by atoms with Crippen molar-refractivity contribution in [1.82, 2.24) is 0 Å². The summed E-state index contributed by atoms with van der Waals surface area (Å²) in [6.07, 6.45) is 8.02. The molecule has 0 aliphatic heterocycles. The summed E-state index contributed by atoms with van der Waals surface area (Å²) in [5.74, 6) is 0.491. The number of unbranched alkanes of at least 4 members (excludes halogenated alkanes) is 2. The van der Waals surface area contributed by atoms with Gasteiger partial charge in [-0.2, -0.15) is 0 Å². The SMILES string of the molecule is CCC(C)CO.CCC(O)CC.CCCC(C)O.CCCCCO. The zero-order chi connectivity index (χ0) is 19.8. The fraction of sp³-hybridized carbons (Fsp3) is 1.00. The van der Waals surface area contributed by atoms with Crippen molar-refractivity contribution in [2.24, 2.45) is 5.92 Å². The first-order valence-corrected chi connectivity index (χ1v) is 9.88. The van der Waals surface area contributed by atoms with Gasteiger partial charge in [-0.05, 0) is 38.5 Å². The molecule has 0 saturated heterocycles. The van der Waals surface area contributed by atoms with E-state index in [0.717, 1.165) is 44.9 Å². The number of aliphatic hydroxyl groups excluding tert-OH is 4. The van der Waals surface area contributed by atoms with Crippen LogP contribution in [0.2, 0.25) is 0 Å².